The van der Waals surface area contributed by atoms with E-state index in [0.717, 1.165) is 0 Å². The van der Waals surface area contributed by atoms with Crippen molar-refractivity contribution in [3.63, 3.8) is 0 Å². The Kier molecular flexibility index (Phi) is 5.04. The van der Waals surface area contributed by atoms with E-state index < -0.39 is 45.4 Å². The normalized spacial score (nSPS) is 28.5. The Morgan fingerprint density at radius 3 is 2.08 bits per heavy atom. The van der Waals surface area contributed by atoms with Gasteiger partial charge in [-0.25, -0.2) is 4.79 Å². The third-order valence-corrected chi connectivity index (χ3v) is 5.40. The molecule has 1 saturated carbocycles. The molecule has 3 unspecified atom stereocenters. The van der Waals surface area contributed by atoms with Crippen LogP contribution in [0.4, 0.5) is 26.3 Å². The molecule has 14 heteroatoms. The van der Waals surface area contributed by atoms with Crippen LogP contribution in [0.1, 0.15) is 19.3 Å². The predicted octanol–water partition coefficient (Wildman–Crippen LogP) is 1.57. The summed E-state index contributed by atoms with van der Waals surface area (Å²) in [5.74, 6) is -3.17. The molecule has 1 saturated heterocycles. The van der Waals surface area contributed by atoms with Gasteiger partial charge in [0.05, 0.1) is 12.2 Å². The van der Waals surface area contributed by atoms with Gasteiger partial charge >= 0.3 is 33.2 Å². The summed E-state index contributed by atoms with van der Waals surface area (Å²) in [5.41, 5.74) is 0. The second-order valence-corrected chi connectivity index (χ2v) is 7.08. The molecule has 1 N–H and O–H groups in total. The van der Waals surface area contributed by atoms with Crippen LogP contribution in [0, 0.1) is 0 Å². The Labute approximate surface area is 137 Å². The molecule has 2 rings (SSSR count). The molecule has 7 nitrogen and oxygen atoms in total. The number of hydrogen-bond acceptors (Lipinski definition) is 6. The Morgan fingerprint density at radius 2 is 1.60 bits per heavy atom. The smallest absolute Gasteiger partial charge is 0.430 e. The van der Waals surface area contributed by atoms with Gasteiger partial charge in [0.15, 0.2) is 0 Å². The van der Waals surface area contributed by atoms with Crippen LogP contribution >= 0.6 is 0 Å². The van der Waals surface area contributed by atoms with Crippen LogP contribution in [-0.2, 0) is 29.1 Å². The fourth-order valence-corrected chi connectivity index (χ4v) is 3.60. The van der Waals surface area contributed by atoms with Gasteiger partial charge in [-0.2, -0.15) is 34.8 Å². The van der Waals surface area contributed by atoms with Crippen molar-refractivity contribution in [2.45, 2.75) is 54.7 Å². The summed E-state index contributed by atoms with van der Waals surface area (Å²) in [6.07, 6.45) is -16.3. The highest BCUT2D eigenvalue weighted by Gasteiger charge is 2.85. The van der Waals surface area contributed by atoms with Crippen molar-refractivity contribution in [3.05, 3.63) is 0 Å². The van der Waals surface area contributed by atoms with Crippen LogP contribution in [0.3, 0.4) is 0 Å². The first-order chi connectivity index (χ1) is 11.2. The molecule has 1 heterocycles. The summed E-state index contributed by atoms with van der Waals surface area (Å²) in [4.78, 5) is 11.7. The molecule has 2 aliphatic rings. The highest BCUT2D eigenvalue weighted by atomic mass is 32.2. The predicted molar refractivity (Wildman–Crippen MR) is 64.7 cm³/mol. The average Bonchev–Trinajstić information content (AvgIpc) is 2.38. The van der Waals surface area contributed by atoms with E-state index in [1.165, 1.54) is 0 Å². The Hall–Kier alpha value is -1.12. The summed E-state index contributed by atoms with van der Waals surface area (Å²) in [7, 11) is -7.00. The Morgan fingerprint density at radius 1 is 1.04 bits per heavy atom. The second kappa shape index (κ2) is 6.25. The monoisotopic (exact) mass is 402 g/mol. The summed E-state index contributed by atoms with van der Waals surface area (Å²) in [6, 6.07) is 0. The summed E-state index contributed by atoms with van der Waals surface area (Å²) in [6.45, 7) is -0.300. The molecular weight excluding hydrogens is 390 g/mol. The molecule has 0 radical (unpaired) electrons. The number of hydrogen-bond donors (Lipinski definition) is 1. The van der Waals surface area contributed by atoms with Crippen molar-refractivity contribution in [3.8, 4) is 0 Å². The standard InChI is InChI=1S/C11H12F6O7S/c12-10(13,14)9(11(15,16)17,25(19,20)21)8(18)24-6-2-1-5-3-7(6)23-4-22-5/h5-7H,1-4H2,(H,19,20,21). The van der Waals surface area contributed by atoms with Crippen LogP contribution in [0.15, 0.2) is 0 Å². The number of fused-ring (bicyclic) bond motifs is 2. The average molecular weight is 402 g/mol. The number of carbonyl (C=O) groups excluding carboxylic acids is 1. The molecule has 2 bridgehead atoms. The maximum absolute atomic E-state index is 13.0. The highest BCUT2D eigenvalue weighted by molar-refractivity contribution is 7.88. The van der Waals surface area contributed by atoms with Crippen molar-refractivity contribution in [1.82, 2.24) is 0 Å². The third kappa shape index (κ3) is 3.31. The summed E-state index contributed by atoms with van der Waals surface area (Å²) in [5, 5.41) is 0. The molecule has 25 heavy (non-hydrogen) atoms. The van der Waals surface area contributed by atoms with Crippen molar-refractivity contribution >= 4 is 16.1 Å². The number of ether oxygens (including phenoxy) is 3. The zero-order chi connectivity index (χ0) is 19.3. The van der Waals surface area contributed by atoms with Crippen LogP contribution in [0.5, 0.6) is 0 Å². The Balaban J connectivity index is 2.39. The molecule has 0 amide bonds. The summed E-state index contributed by atoms with van der Waals surface area (Å²) >= 11 is 0. The molecule has 146 valence electrons. The third-order valence-electron chi connectivity index (χ3n) is 4.00. The van der Waals surface area contributed by atoms with Gasteiger partial charge < -0.3 is 14.2 Å². The SMILES string of the molecule is O=C(OC1CCC2CC1OCO2)C(C(F)(F)F)(C(F)(F)F)S(=O)(=O)O. The molecule has 1 aliphatic carbocycles. The van der Waals surface area contributed by atoms with E-state index in [2.05, 4.69) is 4.74 Å². The van der Waals surface area contributed by atoms with E-state index in [-0.39, 0.29) is 32.2 Å². The van der Waals surface area contributed by atoms with Crippen molar-refractivity contribution < 1.29 is 58.3 Å². The zero-order valence-electron chi connectivity index (χ0n) is 12.1. The van der Waals surface area contributed by atoms with Gasteiger partial charge in [-0.1, -0.05) is 0 Å². The highest BCUT2D eigenvalue weighted by Crippen LogP contribution is 2.49. The van der Waals surface area contributed by atoms with Crippen molar-refractivity contribution in [1.29, 1.82) is 0 Å². The summed E-state index contributed by atoms with van der Waals surface area (Å²) < 4.78 is 117. The maximum atomic E-state index is 13.0. The van der Waals surface area contributed by atoms with Crippen molar-refractivity contribution in [2.24, 2.45) is 0 Å². The fourth-order valence-electron chi connectivity index (χ4n) is 2.76. The van der Waals surface area contributed by atoms with Gasteiger partial charge in [0.2, 0.25) is 0 Å². The van der Waals surface area contributed by atoms with Crippen LogP contribution in [0.2, 0.25) is 0 Å². The van der Waals surface area contributed by atoms with Crippen LogP contribution in [0.25, 0.3) is 0 Å². The topological polar surface area (TPSA) is 99.1 Å². The number of halogens is 6. The van der Waals surface area contributed by atoms with Crippen molar-refractivity contribution in [2.75, 3.05) is 6.79 Å². The lowest BCUT2D eigenvalue weighted by atomic mass is 9.91. The molecule has 0 spiro atoms. The minimum Gasteiger partial charge on any atom is -0.458 e. The first-order valence-electron chi connectivity index (χ1n) is 6.76. The van der Waals surface area contributed by atoms with E-state index in [1.54, 1.807) is 0 Å². The molecular formula is C11H12F6O7S. The Bertz CT molecular complexity index is 614. The number of alkyl halides is 6. The second-order valence-electron chi connectivity index (χ2n) is 5.52. The number of rotatable bonds is 3. The van der Waals surface area contributed by atoms with Gasteiger partial charge in [-0.15, -0.1) is 0 Å². The van der Waals surface area contributed by atoms with E-state index in [4.69, 9.17) is 14.0 Å². The molecule has 1 aliphatic heterocycles. The first-order valence-corrected chi connectivity index (χ1v) is 8.20. The lowest BCUT2D eigenvalue weighted by Gasteiger charge is -2.40. The van der Waals surface area contributed by atoms with E-state index in [0.29, 0.717) is 0 Å². The van der Waals surface area contributed by atoms with E-state index in [9.17, 15) is 39.6 Å². The zero-order valence-corrected chi connectivity index (χ0v) is 12.9. The molecule has 0 aromatic carbocycles. The van der Waals surface area contributed by atoms with Gasteiger partial charge in [-0.05, 0) is 12.8 Å². The molecule has 0 aromatic rings. The van der Waals surface area contributed by atoms with E-state index >= 15 is 0 Å². The van der Waals surface area contributed by atoms with E-state index in [1.807, 2.05) is 0 Å². The van der Waals surface area contributed by atoms with Gasteiger partial charge in [0.25, 0.3) is 0 Å². The lowest BCUT2D eigenvalue weighted by molar-refractivity contribution is -0.276. The largest absolute Gasteiger partial charge is 0.458 e. The molecule has 2 fully saturated rings. The molecule has 3 atom stereocenters. The van der Waals surface area contributed by atoms with Crippen LogP contribution in [-0.4, -0.2) is 61.1 Å². The van der Waals surface area contributed by atoms with Crippen LogP contribution < -0.4 is 0 Å². The minimum absolute atomic E-state index is 0.0505. The van der Waals surface area contributed by atoms with Gasteiger partial charge in [-0.3, -0.25) is 4.55 Å². The lowest BCUT2D eigenvalue weighted by Crippen LogP contribution is -2.68. The quantitative estimate of drug-likeness (QED) is 0.435. The first kappa shape index (κ1) is 20.2. The molecule has 0 aromatic heterocycles. The van der Waals surface area contributed by atoms with Gasteiger partial charge in [0, 0.05) is 6.42 Å². The number of carbonyl (C=O) groups is 1. The van der Waals surface area contributed by atoms with Gasteiger partial charge in [0.1, 0.15) is 12.9 Å². The number of esters is 1. The minimum atomic E-state index is -7.00. The maximum Gasteiger partial charge on any atom is 0.430 e. The fraction of sp³-hybridized carbons (Fsp3) is 0.909.